The number of carbonyl (C=O) groups excluding carboxylic acids is 1. The van der Waals surface area contributed by atoms with Gasteiger partial charge in [-0.1, -0.05) is 61.5 Å². The highest BCUT2D eigenvalue weighted by atomic mass is 35.5. The van der Waals surface area contributed by atoms with E-state index >= 15 is 0 Å². The number of nitrogens with zero attached hydrogens (tertiary/aromatic N) is 1. The zero-order valence-electron chi connectivity index (χ0n) is 15.2. The lowest BCUT2D eigenvalue weighted by atomic mass is 9.90. The van der Waals surface area contributed by atoms with E-state index in [-0.39, 0.29) is 13.3 Å². The second-order valence-corrected chi connectivity index (χ2v) is 7.55. The van der Waals surface area contributed by atoms with Crippen molar-refractivity contribution in [2.24, 2.45) is 11.7 Å². The molecule has 0 aromatic heterocycles. The van der Waals surface area contributed by atoms with E-state index < -0.39 is 0 Å². The second-order valence-electron chi connectivity index (χ2n) is 7.14. The van der Waals surface area contributed by atoms with Gasteiger partial charge in [-0.15, -0.1) is 0 Å². The summed E-state index contributed by atoms with van der Waals surface area (Å²) in [6.45, 7) is 2.28. The fraction of sp³-hybridized carbons (Fsp3) is 0.435. The summed E-state index contributed by atoms with van der Waals surface area (Å²) < 4.78 is 0. The normalized spacial score (nSPS) is 14.7. The van der Waals surface area contributed by atoms with Crippen molar-refractivity contribution in [3.63, 3.8) is 0 Å². The summed E-state index contributed by atoms with van der Waals surface area (Å²) in [5.41, 5.74) is 9.17. The predicted molar refractivity (Wildman–Crippen MR) is 114 cm³/mol. The van der Waals surface area contributed by atoms with Crippen LogP contribution in [-0.4, -0.2) is 23.9 Å². The minimum Gasteiger partial charge on any atom is -0.343 e. The van der Waals surface area contributed by atoms with E-state index in [0.29, 0.717) is 18.9 Å². The first-order valence-electron chi connectivity index (χ1n) is 9.45. The van der Waals surface area contributed by atoms with Crippen LogP contribution in [-0.2, 0) is 24.2 Å². The number of likely N-dealkylation sites (tertiary alicyclic amines) is 1. The molecule has 1 aliphatic heterocycles. The number of rotatable bonds is 6. The van der Waals surface area contributed by atoms with Gasteiger partial charge in [0, 0.05) is 31.1 Å². The van der Waals surface area contributed by atoms with Crippen LogP contribution in [0.15, 0.2) is 48.5 Å². The van der Waals surface area contributed by atoms with Crippen LogP contribution in [0.3, 0.4) is 0 Å². The summed E-state index contributed by atoms with van der Waals surface area (Å²) in [7, 11) is 0. The van der Waals surface area contributed by atoms with Crippen LogP contribution in [0.2, 0.25) is 5.02 Å². The van der Waals surface area contributed by atoms with Gasteiger partial charge in [0.2, 0.25) is 5.91 Å². The number of carbonyl (C=O) groups is 1. The lowest BCUT2D eigenvalue weighted by molar-refractivity contribution is -0.132. The Morgan fingerprint density at radius 1 is 1.04 bits per heavy atom. The van der Waals surface area contributed by atoms with Gasteiger partial charge in [0.1, 0.15) is 0 Å². The highest BCUT2D eigenvalue weighted by molar-refractivity contribution is 6.31. The molecule has 0 atom stereocenters. The summed E-state index contributed by atoms with van der Waals surface area (Å²) >= 11 is 6.27. The van der Waals surface area contributed by atoms with Crippen molar-refractivity contribution in [3.05, 3.63) is 70.2 Å². The number of benzene rings is 2. The van der Waals surface area contributed by atoms with Gasteiger partial charge in [-0.3, -0.25) is 4.79 Å². The van der Waals surface area contributed by atoms with Crippen molar-refractivity contribution in [2.75, 3.05) is 13.1 Å². The van der Waals surface area contributed by atoms with Gasteiger partial charge < -0.3 is 10.6 Å². The van der Waals surface area contributed by atoms with Gasteiger partial charge in [-0.2, -0.15) is 0 Å². The minimum atomic E-state index is 0. The maximum absolute atomic E-state index is 12.5. The predicted octanol–water partition coefficient (Wildman–Crippen LogP) is 4.85. The number of aryl methyl sites for hydroxylation is 1. The fourth-order valence-corrected chi connectivity index (χ4v) is 3.83. The van der Waals surface area contributed by atoms with Crippen LogP contribution in [0.1, 0.15) is 43.4 Å². The van der Waals surface area contributed by atoms with Crippen molar-refractivity contribution in [1.82, 2.24) is 4.90 Å². The lowest BCUT2D eigenvalue weighted by Crippen LogP contribution is -2.39. The van der Waals surface area contributed by atoms with Crippen molar-refractivity contribution < 1.29 is 4.79 Å². The fourth-order valence-electron chi connectivity index (χ4n) is 3.61. The molecule has 1 heterocycles. The van der Waals surface area contributed by atoms with E-state index in [1.165, 1.54) is 11.1 Å². The summed E-state index contributed by atoms with van der Waals surface area (Å²) in [6.07, 6.45) is 4.50. The molecular weight excluding hydrogens is 356 g/mol. The van der Waals surface area contributed by atoms with E-state index in [1.54, 1.807) is 0 Å². The lowest BCUT2D eigenvalue weighted by Gasteiger charge is -2.32. The van der Waals surface area contributed by atoms with Crippen molar-refractivity contribution in [1.29, 1.82) is 0 Å². The molecule has 0 unspecified atom stereocenters. The summed E-state index contributed by atoms with van der Waals surface area (Å²) in [5.74, 6) is 0.881. The third-order valence-electron chi connectivity index (χ3n) is 5.32. The van der Waals surface area contributed by atoms with E-state index in [4.69, 9.17) is 17.3 Å². The van der Waals surface area contributed by atoms with Gasteiger partial charge in [0.05, 0.1) is 0 Å². The number of hydrogen-bond acceptors (Lipinski definition) is 2. The Balaban J connectivity index is 0.00000261. The van der Waals surface area contributed by atoms with Crippen LogP contribution < -0.4 is 5.73 Å². The first-order valence-corrected chi connectivity index (χ1v) is 9.82. The summed E-state index contributed by atoms with van der Waals surface area (Å²) in [4.78, 5) is 14.5. The third-order valence-corrected chi connectivity index (χ3v) is 5.69. The number of halogens is 1. The molecule has 0 bridgehead atoms. The van der Waals surface area contributed by atoms with Crippen molar-refractivity contribution in [2.45, 2.75) is 46.1 Å². The molecule has 2 N–H and O–H groups in total. The Labute approximate surface area is 168 Å². The quantitative estimate of drug-likeness (QED) is 0.771. The van der Waals surface area contributed by atoms with Crippen molar-refractivity contribution >= 4 is 17.5 Å². The molecule has 0 spiro atoms. The molecule has 3 rings (SSSR count). The topological polar surface area (TPSA) is 46.3 Å². The standard InChI is InChI=1S/C22H27ClN2O.CH4/c23-21-4-2-1-3-20(21)15-18-11-13-25(14-12-18)22(26)10-9-17-5-7-19(16-24)8-6-17;/h1-8,18H,9-16,24H2;1H4. The molecule has 3 nitrogen and oxygen atoms in total. The highest BCUT2D eigenvalue weighted by Crippen LogP contribution is 2.25. The Hall–Kier alpha value is -1.84. The summed E-state index contributed by atoms with van der Waals surface area (Å²) in [5, 5.41) is 0.853. The van der Waals surface area contributed by atoms with Crippen LogP contribution in [0.25, 0.3) is 0 Å². The molecular formula is C23H31ClN2O. The van der Waals surface area contributed by atoms with Crippen LogP contribution in [0.5, 0.6) is 0 Å². The average Bonchev–Trinajstić information content (AvgIpc) is 2.69. The van der Waals surface area contributed by atoms with Gasteiger partial charge >= 0.3 is 0 Å². The molecule has 0 radical (unpaired) electrons. The van der Waals surface area contributed by atoms with Gasteiger partial charge in [-0.25, -0.2) is 0 Å². The van der Waals surface area contributed by atoms with Crippen molar-refractivity contribution in [3.8, 4) is 0 Å². The first kappa shape index (κ1) is 21.5. The Kier molecular flexibility index (Phi) is 8.33. The number of piperidine rings is 1. The zero-order chi connectivity index (χ0) is 18.4. The van der Waals surface area contributed by atoms with Gasteiger partial charge in [0.15, 0.2) is 0 Å². The molecule has 1 fully saturated rings. The minimum absolute atomic E-state index is 0. The molecule has 146 valence electrons. The van der Waals surface area contributed by atoms with E-state index in [0.717, 1.165) is 49.4 Å². The van der Waals surface area contributed by atoms with Crippen LogP contribution in [0.4, 0.5) is 0 Å². The SMILES string of the molecule is C.NCc1ccc(CCC(=O)N2CCC(Cc3ccccc3Cl)CC2)cc1. The number of amides is 1. The smallest absolute Gasteiger partial charge is 0.222 e. The largest absolute Gasteiger partial charge is 0.343 e. The molecule has 0 saturated carbocycles. The van der Waals surface area contributed by atoms with Crippen LogP contribution >= 0.6 is 11.6 Å². The Morgan fingerprint density at radius 3 is 2.30 bits per heavy atom. The maximum atomic E-state index is 12.5. The molecule has 27 heavy (non-hydrogen) atoms. The average molecular weight is 387 g/mol. The van der Waals surface area contributed by atoms with E-state index in [9.17, 15) is 4.79 Å². The van der Waals surface area contributed by atoms with E-state index in [1.807, 2.05) is 35.2 Å². The molecule has 2 aromatic carbocycles. The summed E-state index contributed by atoms with van der Waals surface area (Å²) in [6, 6.07) is 16.3. The van der Waals surface area contributed by atoms with Gasteiger partial charge in [0.25, 0.3) is 0 Å². The molecule has 0 aliphatic carbocycles. The zero-order valence-corrected chi connectivity index (χ0v) is 15.9. The first-order chi connectivity index (χ1) is 12.7. The van der Waals surface area contributed by atoms with Crippen LogP contribution in [0, 0.1) is 5.92 Å². The van der Waals surface area contributed by atoms with Gasteiger partial charge in [-0.05, 0) is 54.4 Å². The number of nitrogens with two attached hydrogens (primary N) is 1. The second kappa shape index (κ2) is 10.5. The molecule has 1 saturated heterocycles. The molecule has 1 amide bonds. The molecule has 2 aromatic rings. The molecule has 4 heteroatoms. The Morgan fingerprint density at radius 2 is 1.67 bits per heavy atom. The Bertz CT molecular complexity index is 721. The van der Waals surface area contributed by atoms with E-state index in [2.05, 4.69) is 18.2 Å². The maximum Gasteiger partial charge on any atom is 0.222 e. The highest BCUT2D eigenvalue weighted by Gasteiger charge is 2.23. The monoisotopic (exact) mass is 386 g/mol. The molecule has 1 aliphatic rings. The number of hydrogen-bond donors (Lipinski definition) is 1. The third kappa shape index (κ3) is 6.08.